The molecule has 0 aromatic rings. The minimum Gasteiger partial charge on any atom is -0.381 e. The van der Waals surface area contributed by atoms with Crippen LogP contribution in [0.5, 0.6) is 0 Å². The van der Waals surface area contributed by atoms with Crippen LogP contribution < -0.4 is 10.6 Å². The Morgan fingerprint density at radius 3 is 2.52 bits per heavy atom. The van der Waals surface area contributed by atoms with Gasteiger partial charge in [0.15, 0.2) is 5.96 Å². The van der Waals surface area contributed by atoms with E-state index >= 15 is 0 Å². The van der Waals surface area contributed by atoms with Crippen molar-refractivity contribution in [1.29, 1.82) is 0 Å². The summed E-state index contributed by atoms with van der Waals surface area (Å²) in [6.07, 6.45) is 4.85. The molecule has 2 aliphatic heterocycles. The zero-order valence-corrected chi connectivity index (χ0v) is 20.0. The normalized spacial score (nSPS) is 22.1. The summed E-state index contributed by atoms with van der Waals surface area (Å²) in [5, 5.41) is 7.08. The molecule has 0 bridgehead atoms. The van der Waals surface area contributed by atoms with Gasteiger partial charge in [-0.25, -0.2) is 0 Å². The van der Waals surface area contributed by atoms with Gasteiger partial charge in [-0.2, -0.15) is 0 Å². The van der Waals surface area contributed by atoms with E-state index in [4.69, 9.17) is 9.73 Å². The van der Waals surface area contributed by atoms with E-state index in [1.54, 1.807) is 0 Å². The molecule has 0 saturated carbocycles. The Morgan fingerprint density at radius 1 is 1.15 bits per heavy atom. The molecule has 0 spiro atoms. The first kappa shape index (κ1) is 24.9. The van der Waals surface area contributed by atoms with E-state index in [1.165, 1.54) is 51.9 Å². The predicted molar refractivity (Wildman–Crippen MR) is 125 cm³/mol. The Labute approximate surface area is 183 Å². The number of piperidine rings is 1. The SMILES string of the molecule is CCCN(CC)CCN=C(NCC)NC1CCN(CC2CCOC2)CC1.I. The molecule has 2 N–H and O–H groups in total. The van der Waals surface area contributed by atoms with E-state index in [1.807, 2.05) is 0 Å². The van der Waals surface area contributed by atoms with Crippen LogP contribution in [0.4, 0.5) is 0 Å². The number of likely N-dealkylation sites (N-methyl/N-ethyl adjacent to an activating group) is 1. The monoisotopic (exact) mass is 495 g/mol. The zero-order chi connectivity index (χ0) is 18.6. The maximum absolute atomic E-state index is 5.51. The van der Waals surface area contributed by atoms with E-state index in [9.17, 15) is 0 Å². The van der Waals surface area contributed by atoms with Crippen molar-refractivity contribution in [3.8, 4) is 0 Å². The van der Waals surface area contributed by atoms with Crippen LogP contribution in [0.3, 0.4) is 0 Å². The van der Waals surface area contributed by atoms with Crippen LogP contribution in [0.25, 0.3) is 0 Å². The third-order valence-electron chi connectivity index (χ3n) is 5.49. The summed E-state index contributed by atoms with van der Waals surface area (Å²) in [5.41, 5.74) is 0. The van der Waals surface area contributed by atoms with E-state index in [0.717, 1.165) is 51.3 Å². The molecular weight excluding hydrogens is 453 g/mol. The quantitative estimate of drug-likeness (QED) is 0.277. The largest absolute Gasteiger partial charge is 0.381 e. The van der Waals surface area contributed by atoms with Crippen LogP contribution in [-0.2, 0) is 4.74 Å². The van der Waals surface area contributed by atoms with Gasteiger partial charge in [-0.15, -0.1) is 24.0 Å². The third kappa shape index (κ3) is 9.76. The molecule has 0 aromatic carbocycles. The number of guanidine groups is 1. The van der Waals surface area contributed by atoms with Gasteiger partial charge in [0, 0.05) is 45.4 Å². The first-order valence-corrected chi connectivity index (χ1v) is 10.8. The molecule has 2 heterocycles. The van der Waals surface area contributed by atoms with Crippen LogP contribution in [0.15, 0.2) is 4.99 Å². The maximum Gasteiger partial charge on any atom is 0.191 e. The van der Waals surface area contributed by atoms with Crippen LogP contribution in [0, 0.1) is 5.92 Å². The third-order valence-corrected chi connectivity index (χ3v) is 5.49. The molecule has 27 heavy (non-hydrogen) atoms. The number of ether oxygens (including phenoxy) is 1. The fraction of sp³-hybridized carbons (Fsp3) is 0.950. The highest BCUT2D eigenvalue weighted by atomic mass is 127. The molecular formula is C20H42IN5O. The van der Waals surface area contributed by atoms with Gasteiger partial charge in [0.2, 0.25) is 0 Å². The molecule has 1 unspecified atom stereocenters. The van der Waals surface area contributed by atoms with Gasteiger partial charge >= 0.3 is 0 Å². The predicted octanol–water partition coefficient (Wildman–Crippen LogP) is 2.39. The van der Waals surface area contributed by atoms with Crippen LogP contribution >= 0.6 is 24.0 Å². The van der Waals surface area contributed by atoms with E-state index < -0.39 is 0 Å². The van der Waals surface area contributed by atoms with Crippen LogP contribution in [0.1, 0.15) is 46.5 Å². The lowest BCUT2D eigenvalue weighted by Gasteiger charge is -2.34. The fourth-order valence-corrected chi connectivity index (χ4v) is 3.91. The molecule has 0 radical (unpaired) electrons. The van der Waals surface area contributed by atoms with Crippen LogP contribution in [-0.4, -0.2) is 87.4 Å². The lowest BCUT2D eigenvalue weighted by Crippen LogP contribution is -2.49. The zero-order valence-electron chi connectivity index (χ0n) is 17.7. The summed E-state index contributed by atoms with van der Waals surface area (Å²) in [4.78, 5) is 9.89. The second-order valence-corrected chi connectivity index (χ2v) is 7.64. The van der Waals surface area contributed by atoms with Crippen molar-refractivity contribution in [3.05, 3.63) is 0 Å². The summed E-state index contributed by atoms with van der Waals surface area (Å²) < 4.78 is 5.51. The lowest BCUT2D eigenvalue weighted by atomic mass is 10.0. The Bertz CT molecular complexity index is 396. The summed E-state index contributed by atoms with van der Waals surface area (Å²) in [6, 6.07) is 0.543. The molecule has 160 valence electrons. The fourth-order valence-electron chi connectivity index (χ4n) is 3.91. The van der Waals surface area contributed by atoms with Gasteiger partial charge in [-0.3, -0.25) is 4.99 Å². The van der Waals surface area contributed by atoms with Crippen molar-refractivity contribution in [2.75, 3.05) is 65.6 Å². The topological polar surface area (TPSA) is 52.1 Å². The second kappa shape index (κ2) is 14.8. The van der Waals surface area contributed by atoms with Gasteiger partial charge in [0.25, 0.3) is 0 Å². The Kier molecular flexibility index (Phi) is 13.7. The molecule has 6 nitrogen and oxygen atoms in total. The highest BCUT2D eigenvalue weighted by molar-refractivity contribution is 14.0. The van der Waals surface area contributed by atoms with Crippen molar-refractivity contribution in [2.24, 2.45) is 10.9 Å². The molecule has 0 amide bonds. The van der Waals surface area contributed by atoms with Crippen molar-refractivity contribution >= 4 is 29.9 Å². The van der Waals surface area contributed by atoms with Gasteiger partial charge in [-0.1, -0.05) is 13.8 Å². The van der Waals surface area contributed by atoms with Crippen molar-refractivity contribution in [2.45, 2.75) is 52.5 Å². The van der Waals surface area contributed by atoms with Crippen molar-refractivity contribution in [1.82, 2.24) is 20.4 Å². The minimum absolute atomic E-state index is 0. The van der Waals surface area contributed by atoms with Gasteiger partial charge in [-0.05, 0) is 51.6 Å². The highest BCUT2D eigenvalue weighted by Gasteiger charge is 2.24. The molecule has 2 rings (SSSR count). The molecule has 2 saturated heterocycles. The number of hydrogen-bond acceptors (Lipinski definition) is 4. The minimum atomic E-state index is 0. The number of halogens is 1. The molecule has 7 heteroatoms. The molecule has 2 fully saturated rings. The van der Waals surface area contributed by atoms with Gasteiger partial charge in [0.05, 0.1) is 13.2 Å². The summed E-state index contributed by atoms with van der Waals surface area (Å²) in [7, 11) is 0. The standard InChI is InChI=1S/C20H41N5O.HI/c1-4-11-24(6-3)14-10-22-20(21-5-2)23-19-7-12-25(13-8-19)16-18-9-15-26-17-18;/h18-19H,4-17H2,1-3H3,(H2,21,22,23);1H. The average molecular weight is 495 g/mol. The van der Waals surface area contributed by atoms with Crippen LogP contribution in [0.2, 0.25) is 0 Å². The number of aliphatic imine (C=N–C) groups is 1. The highest BCUT2D eigenvalue weighted by Crippen LogP contribution is 2.17. The number of rotatable bonds is 10. The molecule has 1 atom stereocenters. The van der Waals surface area contributed by atoms with Gasteiger partial charge < -0.3 is 25.2 Å². The summed E-state index contributed by atoms with van der Waals surface area (Å²) in [5.74, 6) is 1.74. The summed E-state index contributed by atoms with van der Waals surface area (Å²) >= 11 is 0. The Balaban J connectivity index is 0.00000364. The number of nitrogens with zero attached hydrogens (tertiary/aromatic N) is 3. The molecule has 0 aromatic heterocycles. The Hall–Kier alpha value is -0.120. The smallest absolute Gasteiger partial charge is 0.191 e. The first-order valence-electron chi connectivity index (χ1n) is 10.8. The van der Waals surface area contributed by atoms with E-state index in [0.29, 0.717) is 6.04 Å². The van der Waals surface area contributed by atoms with Gasteiger partial charge in [0.1, 0.15) is 0 Å². The second-order valence-electron chi connectivity index (χ2n) is 7.64. The van der Waals surface area contributed by atoms with Crippen molar-refractivity contribution < 1.29 is 4.74 Å². The first-order chi connectivity index (χ1) is 12.7. The summed E-state index contributed by atoms with van der Waals surface area (Å²) in [6.45, 7) is 17.2. The maximum atomic E-state index is 5.51. The van der Waals surface area contributed by atoms with E-state index in [2.05, 4.69) is 41.2 Å². The van der Waals surface area contributed by atoms with Crippen molar-refractivity contribution in [3.63, 3.8) is 0 Å². The number of hydrogen-bond donors (Lipinski definition) is 2. The molecule has 2 aliphatic rings. The Morgan fingerprint density at radius 2 is 1.93 bits per heavy atom. The number of nitrogens with one attached hydrogen (secondary N) is 2. The lowest BCUT2D eigenvalue weighted by molar-refractivity contribution is 0.150. The average Bonchev–Trinajstić information content (AvgIpc) is 3.15. The van der Waals surface area contributed by atoms with E-state index in [-0.39, 0.29) is 24.0 Å². The molecule has 0 aliphatic carbocycles. The number of likely N-dealkylation sites (tertiary alicyclic amines) is 1.